The summed E-state index contributed by atoms with van der Waals surface area (Å²) in [6.45, 7) is 0. The maximum atomic E-state index is 8.78. The van der Waals surface area contributed by atoms with Gasteiger partial charge in [-0.3, -0.25) is 4.40 Å². The van der Waals surface area contributed by atoms with E-state index in [9.17, 15) is 0 Å². The Labute approximate surface area is 106 Å². The summed E-state index contributed by atoms with van der Waals surface area (Å²) in [5.41, 5.74) is 1.10. The van der Waals surface area contributed by atoms with Gasteiger partial charge in [0.15, 0.2) is 10.8 Å². The third-order valence-electron chi connectivity index (χ3n) is 2.21. The molecule has 0 atom stereocenters. The van der Waals surface area contributed by atoms with Crippen LogP contribution in [0, 0.1) is 11.3 Å². The van der Waals surface area contributed by atoms with E-state index in [1.807, 2.05) is 34.9 Å². The highest BCUT2D eigenvalue weighted by molar-refractivity contribution is 7.99. The number of hydrogen-bond acceptors (Lipinski definition) is 6. The van der Waals surface area contributed by atoms with Crippen LogP contribution in [0.5, 0.6) is 0 Å². The van der Waals surface area contributed by atoms with Crippen LogP contribution in [0.3, 0.4) is 0 Å². The summed E-state index contributed by atoms with van der Waals surface area (Å²) < 4.78 is 1.84. The third kappa shape index (κ3) is 1.89. The maximum absolute atomic E-state index is 8.78. The van der Waals surface area contributed by atoms with Crippen LogP contribution in [0.4, 0.5) is 0 Å². The average Bonchev–Trinajstić information content (AvgIpc) is 2.83. The number of aromatic nitrogens is 5. The van der Waals surface area contributed by atoms with Crippen LogP contribution in [0.1, 0.15) is 5.69 Å². The van der Waals surface area contributed by atoms with Gasteiger partial charge >= 0.3 is 0 Å². The average molecular weight is 254 g/mol. The van der Waals surface area contributed by atoms with Gasteiger partial charge in [0.2, 0.25) is 5.16 Å². The van der Waals surface area contributed by atoms with E-state index in [0.29, 0.717) is 16.0 Å². The van der Waals surface area contributed by atoms with E-state index in [0.717, 1.165) is 5.65 Å². The first-order valence-corrected chi connectivity index (χ1v) is 5.89. The number of rotatable bonds is 2. The van der Waals surface area contributed by atoms with Crippen molar-refractivity contribution in [1.82, 2.24) is 24.6 Å². The molecule has 0 aromatic carbocycles. The predicted molar refractivity (Wildman–Crippen MR) is 63.9 cm³/mol. The quantitative estimate of drug-likeness (QED) is 0.645. The zero-order valence-electron chi connectivity index (χ0n) is 9.06. The van der Waals surface area contributed by atoms with Crippen LogP contribution in [0.25, 0.3) is 5.65 Å². The lowest BCUT2D eigenvalue weighted by Crippen LogP contribution is -1.91. The van der Waals surface area contributed by atoms with Crippen LogP contribution < -0.4 is 0 Å². The summed E-state index contributed by atoms with van der Waals surface area (Å²) in [5, 5.41) is 18.0. The van der Waals surface area contributed by atoms with Crippen molar-refractivity contribution in [3.8, 4) is 6.07 Å². The summed E-state index contributed by atoms with van der Waals surface area (Å²) in [6, 6.07) is 9.19. The van der Waals surface area contributed by atoms with Gasteiger partial charge in [-0.15, -0.1) is 10.2 Å². The summed E-state index contributed by atoms with van der Waals surface area (Å²) in [6.07, 6.45) is 3.42. The molecule has 3 heterocycles. The first-order valence-electron chi connectivity index (χ1n) is 5.07. The summed E-state index contributed by atoms with van der Waals surface area (Å²) in [4.78, 5) is 8.17. The van der Waals surface area contributed by atoms with Gasteiger partial charge in [0.1, 0.15) is 11.8 Å². The molecule has 3 aromatic rings. The molecule has 3 rings (SSSR count). The minimum Gasteiger partial charge on any atom is -0.277 e. The van der Waals surface area contributed by atoms with Crippen LogP contribution in [0.2, 0.25) is 0 Å². The molecule has 6 nitrogen and oxygen atoms in total. The van der Waals surface area contributed by atoms with Gasteiger partial charge in [-0.2, -0.15) is 5.26 Å². The topological polar surface area (TPSA) is 79.8 Å². The molecule has 7 heteroatoms. The molecule has 0 unspecified atom stereocenters. The van der Waals surface area contributed by atoms with Crippen LogP contribution in [-0.4, -0.2) is 24.6 Å². The molecule has 0 saturated heterocycles. The largest absolute Gasteiger partial charge is 0.277 e. The van der Waals surface area contributed by atoms with Crippen molar-refractivity contribution in [2.24, 2.45) is 0 Å². The Morgan fingerprint density at radius 2 is 2.17 bits per heavy atom. The van der Waals surface area contributed by atoms with Crippen LogP contribution in [-0.2, 0) is 0 Å². The van der Waals surface area contributed by atoms with Crippen molar-refractivity contribution >= 4 is 17.4 Å². The fraction of sp³-hybridized carbons (Fsp3) is 0. The molecule has 0 saturated carbocycles. The van der Waals surface area contributed by atoms with Crippen molar-refractivity contribution in [2.75, 3.05) is 0 Å². The van der Waals surface area contributed by atoms with E-state index in [-0.39, 0.29) is 0 Å². The van der Waals surface area contributed by atoms with Crippen molar-refractivity contribution < 1.29 is 0 Å². The molecule has 0 aliphatic rings. The molecule has 0 aliphatic heterocycles. The molecule has 3 aromatic heterocycles. The first-order chi connectivity index (χ1) is 8.86. The zero-order chi connectivity index (χ0) is 12.4. The molecule has 0 N–H and O–H groups in total. The SMILES string of the molecule is N#Cc1ccnc(Sc2nnc3ccccn23)n1. The van der Waals surface area contributed by atoms with E-state index in [2.05, 4.69) is 20.2 Å². The van der Waals surface area contributed by atoms with Gasteiger partial charge in [0.25, 0.3) is 0 Å². The second-order valence-electron chi connectivity index (χ2n) is 3.35. The van der Waals surface area contributed by atoms with Crippen molar-refractivity contribution in [1.29, 1.82) is 5.26 Å². The normalized spacial score (nSPS) is 10.4. The molecular weight excluding hydrogens is 248 g/mol. The highest BCUT2D eigenvalue weighted by atomic mass is 32.2. The lowest BCUT2D eigenvalue weighted by Gasteiger charge is -1.98. The number of hydrogen-bond donors (Lipinski definition) is 0. The van der Waals surface area contributed by atoms with Gasteiger partial charge in [-0.05, 0) is 30.0 Å². The van der Waals surface area contributed by atoms with Crippen LogP contribution >= 0.6 is 11.8 Å². The van der Waals surface area contributed by atoms with Gasteiger partial charge in [-0.25, -0.2) is 9.97 Å². The Hall–Kier alpha value is -2.46. The summed E-state index contributed by atoms with van der Waals surface area (Å²) in [5.74, 6) is 0. The van der Waals surface area contributed by atoms with Crippen molar-refractivity contribution in [3.05, 3.63) is 42.4 Å². The monoisotopic (exact) mass is 254 g/mol. The van der Waals surface area contributed by atoms with E-state index in [1.165, 1.54) is 11.8 Å². The molecule has 86 valence electrons. The summed E-state index contributed by atoms with van der Waals surface area (Å²) >= 11 is 1.27. The molecule has 0 aliphatic carbocycles. The number of pyridine rings is 1. The van der Waals surface area contributed by atoms with E-state index >= 15 is 0 Å². The highest BCUT2D eigenvalue weighted by Crippen LogP contribution is 2.22. The highest BCUT2D eigenvalue weighted by Gasteiger charge is 2.08. The van der Waals surface area contributed by atoms with Crippen molar-refractivity contribution in [3.63, 3.8) is 0 Å². The molecule has 0 spiro atoms. The van der Waals surface area contributed by atoms with Crippen LogP contribution in [0.15, 0.2) is 47.0 Å². The molecule has 0 fully saturated rings. The standard InChI is InChI=1S/C11H6N6S/c12-7-8-4-5-13-10(14-8)18-11-16-15-9-3-1-2-6-17(9)11/h1-6H. The molecule has 0 radical (unpaired) electrons. The second-order valence-corrected chi connectivity index (χ2v) is 4.28. The molecule has 0 bridgehead atoms. The first kappa shape index (κ1) is 10.7. The molecule has 0 amide bonds. The predicted octanol–water partition coefficient (Wildman–Crippen LogP) is 1.54. The number of nitriles is 1. The van der Waals surface area contributed by atoms with Gasteiger partial charge < -0.3 is 0 Å². The minimum absolute atomic E-state index is 0.335. The lowest BCUT2D eigenvalue weighted by molar-refractivity contribution is 0.895. The number of nitrogens with zero attached hydrogens (tertiary/aromatic N) is 6. The summed E-state index contributed by atoms with van der Waals surface area (Å²) in [7, 11) is 0. The van der Waals surface area contributed by atoms with E-state index in [4.69, 9.17) is 5.26 Å². The third-order valence-corrected chi connectivity index (χ3v) is 3.05. The Morgan fingerprint density at radius 1 is 1.22 bits per heavy atom. The number of fused-ring (bicyclic) bond motifs is 1. The Kier molecular flexibility index (Phi) is 2.63. The van der Waals surface area contributed by atoms with Crippen molar-refractivity contribution in [2.45, 2.75) is 10.3 Å². The molecule has 18 heavy (non-hydrogen) atoms. The Bertz CT molecular complexity index is 744. The van der Waals surface area contributed by atoms with Gasteiger partial charge in [-0.1, -0.05) is 6.07 Å². The lowest BCUT2D eigenvalue weighted by atomic mass is 10.5. The van der Waals surface area contributed by atoms with E-state index < -0.39 is 0 Å². The smallest absolute Gasteiger partial charge is 0.203 e. The fourth-order valence-electron chi connectivity index (χ4n) is 1.42. The second kappa shape index (κ2) is 4.43. The Morgan fingerprint density at radius 3 is 3.06 bits per heavy atom. The Balaban J connectivity index is 1.99. The van der Waals surface area contributed by atoms with E-state index in [1.54, 1.807) is 12.3 Å². The fourth-order valence-corrected chi connectivity index (χ4v) is 2.18. The maximum Gasteiger partial charge on any atom is 0.203 e. The minimum atomic E-state index is 0.335. The van der Waals surface area contributed by atoms with Gasteiger partial charge in [0.05, 0.1) is 0 Å². The zero-order valence-corrected chi connectivity index (χ0v) is 9.87. The molecular formula is C11H6N6S. The van der Waals surface area contributed by atoms with Gasteiger partial charge in [0, 0.05) is 12.4 Å².